The molecule has 0 saturated heterocycles. The molecule has 0 aliphatic carbocycles. The quantitative estimate of drug-likeness (QED) is 0.142. The van der Waals surface area contributed by atoms with Gasteiger partial charge in [0.25, 0.3) is 5.91 Å². The van der Waals surface area contributed by atoms with Gasteiger partial charge in [-0.2, -0.15) is 0 Å². The number of nitrogens with one attached hydrogen (secondary N) is 2. The highest BCUT2D eigenvalue weighted by molar-refractivity contribution is 6.43. The molecule has 2 rings (SSSR count). The molecule has 2 unspecified atom stereocenters. The fourth-order valence-corrected chi connectivity index (χ4v) is 3.01. The van der Waals surface area contributed by atoms with Crippen molar-refractivity contribution in [1.29, 1.82) is 0 Å². The van der Waals surface area contributed by atoms with Crippen LogP contribution in [0.1, 0.15) is 36.3 Å². The van der Waals surface area contributed by atoms with Crippen LogP contribution >= 0.6 is 0 Å². The third kappa shape index (κ3) is 11.4. The summed E-state index contributed by atoms with van der Waals surface area (Å²) in [5.74, 6) is -5.84. The molecule has 1 aromatic carbocycles. The Bertz CT molecular complexity index is 1030. The van der Waals surface area contributed by atoms with Gasteiger partial charge in [-0.3, -0.25) is 14.6 Å². The van der Waals surface area contributed by atoms with Crippen molar-refractivity contribution < 1.29 is 49.7 Å². The highest BCUT2D eigenvalue weighted by Gasteiger charge is 2.30. The first-order valence-corrected chi connectivity index (χ1v) is 11.4. The maximum atomic E-state index is 12.8. The van der Waals surface area contributed by atoms with Gasteiger partial charge in [-0.15, -0.1) is 0 Å². The fourth-order valence-electron chi connectivity index (χ4n) is 3.01. The molecule has 2 aromatic rings. The van der Waals surface area contributed by atoms with Crippen molar-refractivity contribution in [2.75, 3.05) is 0 Å². The van der Waals surface area contributed by atoms with Crippen LogP contribution in [-0.2, 0) is 20.8 Å². The summed E-state index contributed by atoms with van der Waals surface area (Å²) < 4.78 is 0. The summed E-state index contributed by atoms with van der Waals surface area (Å²) in [6.45, 7) is 3.83. The normalized spacial score (nSPS) is 13.7. The van der Waals surface area contributed by atoms with Gasteiger partial charge >= 0.3 is 7.12 Å². The number of nitrogens with zero attached hydrogens (tertiary/aromatic N) is 2. The smallest absolute Gasteiger partial charge is 0.475 e. The molecular formula is C23H29BN4O10-2. The number of carbonyl (C=O) groups is 4. The van der Waals surface area contributed by atoms with E-state index in [-0.39, 0.29) is 18.0 Å². The number of hydrogen-bond acceptors (Lipinski definition) is 12. The first-order valence-electron chi connectivity index (χ1n) is 11.4. The molecule has 1 heterocycles. The molecule has 0 saturated carbocycles. The SMILES string of the molecule is CC(C)C[C@H](NC(=O)[C@H](Cc1ccccc1)NC(=O)c1cnccn1)B(O)O.O=C([O-])C(O)C(O)C(=O)[O-]. The molecule has 15 heteroatoms. The summed E-state index contributed by atoms with van der Waals surface area (Å²) >= 11 is 0. The summed E-state index contributed by atoms with van der Waals surface area (Å²) in [6.07, 6.45) is -0.0958. The first kappa shape index (κ1) is 32.1. The zero-order valence-electron chi connectivity index (χ0n) is 20.6. The Morgan fingerprint density at radius 2 is 1.53 bits per heavy atom. The predicted molar refractivity (Wildman–Crippen MR) is 127 cm³/mol. The number of hydrogen-bond donors (Lipinski definition) is 6. The van der Waals surface area contributed by atoms with Gasteiger partial charge in [0.2, 0.25) is 5.91 Å². The van der Waals surface area contributed by atoms with Gasteiger partial charge in [0.15, 0.2) is 0 Å². The lowest BCUT2D eigenvalue weighted by Crippen LogP contribution is -2.55. The van der Waals surface area contributed by atoms with E-state index in [2.05, 4.69) is 20.6 Å². The average molecular weight is 532 g/mol. The van der Waals surface area contributed by atoms with E-state index in [1.807, 2.05) is 44.2 Å². The van der Waals surface area contributed by atoms with Crippen molar-refractivity contribution in [3.8, 4) is 0 Å². The van der Waals surface area contributed by atoms with E-state index in [9.17, 15) is 39.4 Å². The van der Waals surface area contributed by atoms with E-state index in [4.69, 9.17) is 10.2 Å². The minimum absolute atomic E-state index is 0.0919. The van der Waals surface area contributed by atoms with E-state index in [1.54, 1.807) is 0 Å². The van der Waals surface area contributed by atoms with Gasteiger partial charge in [0.05, 0.1) is 24.1 Å². The molecule has 206 valence electrons. The van der Waals surface area contributed by atoms with Crippen LogP contribution in [0.5, 0.6) is 0 Å². The lowest BCUT2D eigenvalue weighted by Gasteiger charge is -2.24. The number of aliphatic hydroxyl groups excluding tert-OH is 2. The predicted octanol–water partition coefficient (Wildman–Crippen LogP) is -4.43. The van der Waals surface area contributed by atoms with Crippen LogP contribution in [0.4, 0.5) is 0 Å². The molecule has 0 fully saturated rings. The van der Waals surface area contributed by atoms with Crippen LogP contribution in [0.2, 0.25) is 0 Å². The summed E-state index contributed by atoms with van der Waals surface area (Å²) in [4.78, 5) is 52.3. The number of carboxylic acid groups (broad SMARTS) is 2. The third-order valence-corrected chi connectivity index (χ3v) is 4.90. The van der Waals surface area contributed by atoms with Crippen molar-refractivity contribution in [2.24, 2.45) is 5.92 Å². The van der Waals surface area contributed by atoms with Crippen LogP contribution < -0.4 is 20.8 Å². The van der Waals surface area contributed by atoms with Gasteiger partial charge < -0.3 is 50.7 Å². The number of benzene rings is 1. The summed E-state index contributed by atoms with van der Waals surface area (Å²) in [7, 11) is -1.69. The highest BCUT2D eigenvalue weighted by atomic mass is 16.4. The Balaban J connectivity index is 0.000000612. The molecule has 14 nitrogen and oxygen atoms in total. The monoisotopic (exact) mass is 532 g/mol. The zero-order chi connectivity index (χ0) is 28.8. The van der Waals surface area contributed by atoms with Crippen molar-refractivity contribution in [2.45, 2.75) is 50.9 Å². The second-order valence-electron chi connectivity index (χ2n) is 8.49. The van der Waals surface area contributed by atoms with Crippen molar-refractivity contribution >= 4 is 30.9 Å². The van der Waals surface area contributed by atoms with Gasteiger partial charge in [-0.05, 0) is 17.9 Å². The topological polar surface area (TPSA) is 245 Å². The standard InChI is InChI=1S/C19H25BN4O4.C4H6O6/c1-13(2)10-17(20(27)28)24-18(25)15(11-14-6-4-3-5-7-14)23-19(26)16-12-21-8-9-22-16;5-1(3(7)8)2(6)4(9)10/h3-9,12-13,15,17,27-28H,10-11H2,1-2H3,(H,23,26)(H,24,25);1-2,5-6H,(H,7,8)(H,9,10)/p-2/t15-,17-;/m0./s1. The Hall–Kier alpha value is -3.92. The Kier molecular flexibility index (Phi) is 13.6. The van der Waals surface area contributed by atoms with Crippen molar-refractivity contribution in [1.82, 2.24) is 20.6 Å². The lowest BCUT2D eigenvalue weighted by molar-refractivity contribution is -0.333. The van der Waals surface area contributed by atoms with E-state index in [1.165, 1.54) is 18.6 Å². The Morgan fingerprint density at radius 3 is 1.97 bits per heavy atom. The van der Waals surface area contributed by atoms with E-state index in [0.717, 1.165) is 5.56 Å². The van der Waals surface area contributed by atoms with Crippen LogP contribution in [-0.4, -0.2) is 85.3 Å². The third-order valence-electron chi connectivity index (χ3n) is 4.90. The summed E-state index contributed by atoms with van der Waals surface area (Å²) in [5.41, 5.74) is 0.946. The minimum Gasteiger partial charge on any atom is -0.547 e. The Labute approximate surface area is 218 Å². The number of aliphatic carboxylic acids is 2. The number of aliphatic hydroxyl groups is 2. The molecule has 1 aromatic heterocycles. The fraction of sp³-hybridized carbons (Fsp3) is 0.391. The largest absolute Gasteiger partial charge is 0.547 e. The van der Waals surface area contributed by atoms with Gasteiger partial charge in [-0.25, -0.2) is 4.98 Å². The van der Waals surface area contributed by atoms with Crippen molar-refractivity contribution in [3.63, 3.8) is 0 Å². The maximum Gasteiger partial charge on any atom is 0.475 e. The molecule has 2 amide bonds. The maximum absolute atomic E-state index is 12.8. The van der Waals surface area contributed by atoms with E-state index in [0.29, 0.717) is 6.42 Å². The number of aromatic nitrogens is 2. The number of amides is 2. The molecule has 38 heavy (non-hydrogen) atoms. The van der Waals surface area contributed by atoms with Crippen LogP contribution in [0.15, 0.2) is 48.9 Å². The molecule has 4 atom stereocenters. The van der Waals surface area contributed by atoms with Gasteiger partial charge in [0.1, 0.15) is 23.9 Å². The molecule has 0 aliphatic rings. The second-order valence-corrected chi connectivity index (χ2v) is 8.49. The second kappa shape index (κ2) is 16.0. The Morgan fingerprint density at radius 1 is 0.947 bits per heavy atom. The first-order chi connectivity index (χ1) is 17.8. The van der Waals surface area contributed by atoms with E-state index >= 15 is 0 Å². The summed E-state index contributed by atoms with van der Waals surface area (Å²) in [5, 5.41) is 60.2. The molecule has 0 spiro atoms. The molecular weight excluding hydrogens is 503 g/mol. The summed E-state index contributed by atoms with van der Waals surface area (Å²) in [6, 6.07) is 8.33. The lowest BCUT2D eigenvalue weighted by atomic mass is 9.75. The highest BCUT2D eigenvalue weighted by Crippen LogP contribution is 2.09. The number of carbonyl (C=O) groups excluding carboxylic acids is 4. The van der Waals surface area contributed by atoms with Crippen LogP contribution in [0.25, 0.3) is 0 Å². The zero-order valence-corrected chi connectivity index (χ0v) is 20.6. The van der Waals surface area contributed by atoms with Crippen LogP contribution in [0.3, 0.4) is 0 Å². The minimum atomic E-state index is -2.44. The average Bonchev–Trinajstić information content (AvgIpc) is 2.87. The van der Waals surface area contributed by atoms with Gasteiger partial charge in [-0.1, -0.05) is 44.2 Å². The van der Waals surface area contributed by atoms with Crippen molar-refractivity contribution in [3.05, 3.63) is 60.2 Å². The molecule has 0 bridgehead atoms. The van der Waals surface area contributed by atoms with E-state index < -0.39 is 55.1 Å². The number of rotatable bonds is 12. The van der Waals surface area contributed by atoms with Gasteiger partial charge in [0, 0.05) is 18.8 Å². The molecule has 0 aliphatic heterocycles. The number of carboxylic acids is 2. The molecule has 6 N–H and O–H groups in total. The molecule has 0 radical (unpaired) electrons. The van der Waals surface area contributed by atoms with Crippen LogP contribution in [0, 0.1) is 5.92 Å².